The molecule has 0 radical (unpaired) electrons. The van der Waals surface area contributed by atoms with Gasteiger partial charge in [-0.15, -0.1) is 0 Å². The Kier molecular flexibility index (Phi) is 5.10. The second-order valence-corrected chi connectivity index (χ2v) is 8.14. The highest BCUT2D eigenvalue weighted by Gasteiger charge is 2.18. The molecule has 0 saturated carbocycles. The fraction of sp³-hybridized carbons (Fsp3) is 0.222. The number of benzene rings is 3. The van der Waals surface area contributed by atoms with Crippen LogP contribution in [0, 0.1) is 34.6 Å². The summed E-state index contributed by atoms with van der Waals surface area (Å²) < 4.78 is 2.18. The molecule has 0 aliphatic carbocycles. The lowest BCUT2D eigenvalue weighted by Crippen LogP contribution is -2.06. The van der Waals surface area contributed by atoms with Gasteiger partial charge in [0.15, 0.2) is 0 Å². The zero-order valence-electron chi connectivity index (χ0n) is 18.0. The van der Waals surface area contributed by atoms with Gasteiger partial charge in [0, 0.05) is 16.7 Å². The maximum atomic E-state index is 5.09. The molecule has 0 spiro atoms. The molecular weight excluding hydrogens is 352 g/mol. The average molecular weight is 381 g/mol. The van der Waals surface area contributed by atoms with Crippen molar-refractivity contribution < 1.29 is 0 Å². The molecule has 2 nitrogen and oxygen atoms in total. The summed E-state index contributed by atoms with van der Waals surface area (Å²) in [5.41, 5.74) is 12.3. The lowest BCUT2D eigenvalue weighted by molar-refractivity contribution is 0.693. The summed E-state index contributed by atoms with van der Waals surface area (Å²) in [4.78, 5) is 0. The number of hydrogen-bond donors (Lipinski definition) is 0. The second-order valence-electron chi connectivity index (χ2n) is 8.14. The summed E-state index contributed by atoms with van der Waals surface area (Å²) >= 11 is 0. The van der Waals surface area contributed by atoms with Crippen molar-refractivity contribution in [1.82, 2.24) is 9.78 Å². The summed E-state index contributed by atoms with van der Waals surface area (Å²) in [6.45, 7) is 11.5. The highest BCUT2D eigenvalue weighted by atomic mass is 15.3. The standard InChI is InChI=1S/C27H28N2/c1-18-7-12-23(13-8-18)26-22(5)27(24-14-9-19(2)10-15-24)29(28-26)17-25-16-20(3)6-11-21(25)4/h6-16H,17H2,1-5H3. The molecule has 0 N–H and O–H groups in total. The minimum absolute atomic E-state index is 0.767. The van der Waals surface area contributed by atoms with E-state index in [0.29, 0.717) is 0 Å². The number of hydrogen-bond acceptors (Lipinski definition) is 1. The van der Waals surface area contributed by atoms with Gasteiger partial charge in [-0.25, -0.2) is 0 Å². The topological polar surface area (TPSA) is 17.8 Å². The number of aromatic nitrogens is 2. The Morgan fingerprint density at radius 2 is 1.21 bits per heavy atom. The maximum absolute atomic E-state index is 5.09. The molecule has 4 rings (SSSR count). The minimum Gasteiger partial charge on any atom is -0.260 e. The molecule has 1 heterocycles. The van der Waals surface area contributed by atoms with Gasteiger partial charge in [-0.3, -0.25) is 4.68 Å². The van der Waals surface area contributed by atoms with Crippen LogP contribution in [0.5, 0.6) is 0 Å². The molecule has 0 unspecified atom stereocenters. The third-order valence-electron chi connectivity index (χ3n) is 5.66. The van der Waals surface area contributed by atoms with E-state index in [2.05, 4.69) is 106 Å². The molecule has 0 aliphatic rings. The molecule has 0 atom stereocenters. The van der Waals surface area contributed by atoms with Gasteiger partial charge in [0.25, 0.3) is 0 Å². The molecule has 0 saturated heterocycles. The Labute approximate surface area is 173 Å². The van der Waals surface area contributed by atoms with Crippen molar-refractivity contribution in [2.45, 2.75) is 41.2 Å². The molecular formula is C27H28N2. The molecule has 146 valence electrons. The zero-order valence-corrected chi connectivity index (χ0v) is 18.0. The van der Waals surface area contributed by atoms with Crippen LogP contribution in [0.2, 0.25) is 0 Å². The van der Waals surface area contributed by atoms with Gasteiger partial charge in [0.1, 0.15) is 0 Å². The Balaban J connectivity index is 1.88. The fourth-order valence-corrected chi connectivity index (χ4v) is 3.86. The first-order valence-electron chi connectivity index (χ1n) is 10.2. The largest absolute Gasteiger partial charge is 0.260 e. The maximum Gasteiger partial charge on any atom is 0.0959 e. The molecule has 4 aromatic rings. The van der Waals surface area contributed by atoms with Crippen molar-refractivity contribution in [2.24, 2.45) is 0 Å². The van der Waals surface area contributed by atoms with E-state index < -0.39 is 0 Å². The first-order valence-corrected chi connectivity index (χ1v) is 10.2. The van der Waals surface area contributed by atoms with Crippen LogP contribution in [-0.2, 0) is 6.54 Å². The van der Waals surface area contributed by atoms with E-state index >= 15 is 0 Å². The van der Waals surface area contributed by atoms with Crippen molar-refractivity contribution in [3.05, 3.63) is 100 Å². The predicted molar refractivity (Wildman–Crippen MR) is 122 cm³/mol. The molecule has 3 aromatic carbocycles. The van der Waals surface area contributed by atoms with Crippen molar-refractivity contribution in [2.75, 3.05) is 0 Å². The lowest BCUT2D eigenvalue weighted by atomic mass is 10.0. The van der Waals surface area contributed by atoms with Crippen LogP contribution < -0.4 is 0 Å². The fourth-order valence-electron chi connectivity index (χ4n) is 3.86. The molecule has 0 amide bonds. The van der Waals surface area contributed by atoms with Gasteiger partial charge in [-0.1, -0.05) is 83.4 Å². The van der Waals surface area contributed by atoms with E-state index in [4.69, 9.17) is 5.10 Å². The van der Waals surface area contributed by atoms with Gasteiger partial charge in [-0.2, -0.15) is 5.10 Å². The Bertz CT molecular complexity index is 1150. The Hall–Kier alpha value is -3.13. The predicted octanol–water partition coefficient (Wildman–Crippen LogP) is 6.81. The van der Waals surface area contributed by atoms with Crippen LogP contribution in [-0.4, -0.2) is 9.78 Å². The van der Waals surface area contributed by atoms with Crippen molar-refractivity contribution in [3.63, 3.8) is 0 Å². The van der Waals surface area contributed by atoms with E-state index in [-0.39, 0.29) is 0 Å². The molecule has 0 fully saturated rings. The molecule has 29 heavy (non-hydrogen) atoms. The molecule has 0 aliphatic heterocycles. The quantitative estimate of drug-likeness (QED) is 0.380. The smallest absolute Gasteiger partial charge is 0.0959 e. The van der Waals surface area contributed by atoms with E-state index in [1.54, 1.807) is 0 Å². The van der Waals surface area contributed by atoms with Gasteiger partial charge in [0.2, 0.25) is 0 Å². The van der Waals surface area contributed by atoms with Crippen LogP contribution in [0.15, 0.2) is 66.7 Å². The van der Waals surface area contributed by atoms with E-state index in [0.717, 1.165) is 12.2 Å². The highest BCUT2D eigenvalue weighted by Crippen LogP contribution is 2.33. The van der Waals surface area contributed by atoms with Crippen molar-refractivity contribution in [3.8, 4) is 22.5 Å². The third-order valence-corrected chi connectivity index (χ3v) is 5.66. The van der Waals surface area contributed by atoms with Gasteiger partial charge in [0.05, 0.1) is 17.9 Å². The Morgan fingerprint density at radius 1 is 0.655 bits per heavy atom. The highest BCUT2D eigenvalue weighted by molar-refractivity contribution is 5.74. The summed E-state index contributed by atoms with van der Waals surface area (Å²) in [6.07, 6.45) is 0. The summed E-state index contributed by atoms with van der Waals surface area (Å²) in [5, 5.41) is 5.09. The van der Waals surface area contributed by atoms with Crippen LogP contribution in [0.4, 0.5) is 0 Å². The van der Waals surface area contributed by atoms with Crippen LogP contribution >= 0.6 is 0 Å². The van der Waals surface area contributed by atoms with Crippen molar-refractivity contribution >= 4 is 0 Å². The number of nitrogens with zero attached hydrogens (tertiary/aromatic N) is 2. The molecule has 0 bridgehead atoms. The van der Waals surface area contributed by atoms with Gasteiger partial charge < -0.3 is 0 Å². The van der Waals surface area contributed by atoms with Crippen LogP contribution in [0.3, 0.4) is 0 Å². The first-order chi connectivity index (χ1) is 13.9. The number of rotatable bonds is 4. The monoisotopic (exact) mass is 380 g/mol. The Morgan fingerprint density at radius 3 is 1.83 bits per heavy atom. The lowest BCUT2D eigenvalue weighted by Gasteiger charge is -2.12. The van der Waals surface area contributed by atoms with Crippen molar-refractivity contribution in [1.29, 1.82) is 0 Å². The van der Waals surface area contributed by atoms with E-state index in [1.807, 2.05) is 0 Å². The SMILES string of the molecule is Cc1ccc(-c2nn(Cc3cc(C)ccc3C)c(-c3ccc(C)cc3)c2C)cc1. The van der Waals surface area contributed by atoms with E-state index in [1.165, 1.54) is 50.2 Å². The van der Waals surface area contributed by atoms with Crippen LogP contribution in [0.25, 0.3) is 22.5 Å². The summed E-state index contributed by atoms with van der Waals surface area (Å²) in [6, 6.07) is 24.1. The number of aryl methyl sites for hydroxylation is 4. The second kappa shape index (κ2) is 7.71. The van der Waals surface area contributed by atoms with Gasteiger partial charge >= 0.3 is 0 Å². The molecule has 1 aromatic heterocycles. The summed E-state index contributed by atoms with van der Waals surface area (Å²) in [5.74, 6) is 0. The van der Waals surface area contributed by atoms with E-state index in [9.17, 15) is 0 Å². The average Bonchev–Trinajstić information content (AvgIpc) is 3.02. The normalized spacial score (nSPS) is 11.1. The minimum atomic E-state index is 0.767. The molecule has 2 heteroatoms. The first kappa shape index (κ1) is 19.2. The van der Waals surface area contributed by atoms with Crippen LogP contribution in [0.1, 0.15) is 33.4 Å². The summed E-state index contributed by atoms with van der Waals surface area (Å²) in [7, 11) is 0. The zero-order chi connectivity index (χ0) is 20.5. The van der Waals surface area contributed by atoms with Gasteiger partial charge in [-0.05, 0) is 45.7 Å². The third kappa shape index (κ3) is 3.88.